The van der Waals surface area contributed by atoms with Gasteiger partial charge in [-0.1, -0.05) is 28.1 Å². The number of piperidine rings is 1. The number of halogens is 1. The topological polar surface area (TPSA) is 44.1 Å². The van der Waals surface area contributed by atoms with Gasteiger partial charge in [-0.25, -0.2) is 0 Å². The van der Waals surface area contributed by atoms with E-state index in [9.17, 15) is 4.79 Å². The molecule has 4 heteroatoms. The molecule has 0 saturated carbocycles. The first-order valence-electron chi connectivity index (χ1n) is 5.61. The normalized spacial score (nSPS) is 20.1. The van der Waals surface area contributed by atoms with Gasteiger partial charge in [0.2, 0.25) is 5.91 Å². The Bertz CT molecular complexity index is 467. The zero-order chi connectivity index (χ0) is 12.3. The molecule has 2 rings (SSSR count). The average molecular weight is 293 g/mol. The van der Waals surface area contributed by atoms with Gasteiger partial charge < -0.3 is 4.90 Å². The largest absolute Gasteiger partial charge is 0.338 e. The fraction of sp³-hybridized carbons (Fsp3) is 0.385. The number of benzene rings is 1. The third-order valence-electron chi connectivity index (χ3n) is 2.97. The second-order valence-electron chi connectivity index (χ2n) is 4.26. The Hall–Kier alpha value is -1.34. The van der Waals surface area contributed by atoms with Crippen LogP contribution in [0.5, 0.6) is 0 Å². The SMILES string of the molecule is N#CC1CCN(Cc2cccc(Br)c2)C(=O)C1. The number of amides is 1. The molecule has 0 bridgehead atoms. The summed E-state index contributed by atoms with van der Waals surface area (Å²) in [4.78, 5) is 13.6. The van der Waals surface area contributed by atoms with E-state index in [1.807, 2.05) is 29.2 Å². The summed E-state index contributed by atoms with van der Waals surface area (Å²) >= 11 is 3.42. The zero-order valence-electron chi connectivity index (χ0n) is 9.40. The second-order valence-corrected chi connectivity index (χ2v) is 5.18. The maximum Gasteiger partial charge on any atom is 0.224 e. The molecule has 1 amide bonds. The minimum Gasteiger partial charge on any atom is -0.338 e. The summed E-state index contributed by atoms with van der Waals surface area (Å²) in [6.45, 7) is 1.32. The summed E-state index contributed by atoms with van der Waals surface area (Å²) in [5.41, 5.74) is 1.11. The Balaban J connectivity index is 2.01. The van der Waals surface area contributed by atoms with Gasteiger partial charge >= 0.3 is 0 Å². The van der Waals surface area contributed by atoms with Crippen molar-refractivity contribution in [2.75, 3.05) is 6.54 Å². The highest BCUT2D eigenvalue weighted by Gasteiger charge is 2.25. The highest BCUT2D eigenvalue weighted by Crippen LogP contribution is 2.20. The monoisotopic (exact) mass is 292 g/mol. The zero-order valence-corrected chi connectivity index (χ0v) is 11.0. The minimum atomic E-state index is -0.0961. The van der Waals surface area contributed by atoms with Gasteiger partial charge in [0.15, 0.2) is 0 Å². The molecule has 1 aliphatic heterocycles. The van der Waals surface area contributed by atoms with Crippen molar-refractivity contribution in [2.45, 2.75) is 19.4 Å². The standard InChI is InChI=1S/C13H13BrN2O/c14-12-3-1-2-11(6-12)9-16-5-4-10(8-15)7-13(16)17/h1-3,6,10H,4-5,7,9H2. The molecule has 1 heterocycles. The fourth-order valence-electron chi connectivity index (χ4n) is 2.01. The number of likely N-dealkylation sites (tertiary alicyclic amines) is 1. The van der Waals surface area contributed by atoms with Crippen molar-refractivity contribution in [3.8, 4) is 6.07 Å². The molecule has 0 spiro atoms. The third kappa shape index (κ3) is 3.07. The molecule has 1 atom stereocenters. The summed E-state index contributed by atoms with van der Waals surface area (Å²) < 4.78 is 1.02. The molecule has 3 nitrogen and oxygen atoms in total. The van der Waals surface area contributed by atoms with Crippen molar-refractivity contribution in [3.63, 3.8) is 0 Å². The molecule has 0 N–H and O–H groups in total. The summed E-state index contributed by atoms with van der Waals surface area (Å²) in [6, 6.07) is 10.1. The first-order valence-corrected chi connectivity index (χ1v) is 6.40. The van der Waals surface area contributed by atoms with Crippen molar-refractivity contribution < 1.29 is 4.79 Å². The van der Waals surface area contributed by atoms with Crippen LogP contribution in [-0.4, -0.2) is 17.4 Å². The first-order chi connectivity index (χ1) is 8.19. The van der Waals surface area contributed by atoms with Crippen LogP contribution in [0.3, 0.4) is 0 Å². The van der Waals surface area contributed by atoms with Gasteiger partial charge in [-0.3, -0.25) is 4.79 Å². The molecule has 0 aliphatic carbocycles. The van der Waals surface area contributed by atoms with Crippen LogP contribution in [0, 0.1) is 17.2 Å². The molecule has 1 aliphatic rings. The Morgan fingerprint density at radius 2 is 2.35 bits per heavy atom. The lowest BCUT2D eigenvalue weighted by Gasteiger charge is -2.29. The van der Waals surface area contributed by atoms with Gasteiger partial charge in [0.05, 0.1) is 12.0 Å². The maximum atomic E-state index is 11.8. The highest BCUT2D eigenvalue weighted by molar-refractivity contribution is 9.10. The van der Waals surface area contributed by atoms with E-state index < -0.39 is 0 Å². The summed E-state index contributed by atoms with van der Waals surface area (Å²) in [6.07, 6.45) is 1.15. The first kappa shape index (κ1) is 12.1. The van der Waals surface area contributed by atoms with Gasteiger partial charge in [0.25, 0.3) is 0 Å². The van der Waals surface area contributed by atoms with Gasteiger partial charge in [-0.15, -0.1) is 0 Å². The lowest BCUT2D eigenvalue weighted by Crippen LogP contribution is -2.37. The van der Waals surface area contributed by atoms with Gasteiger partial charge in [-0.2, -0.15) is 5.26 Å². The predicted molar refractivity (Wildman–Crippen MR) is 67.9 cm³/mol. The van der Waals surface area contributed by atoms with Crippen LogP contribution in [0.2, 0.25) is 0 Å². The molecule has 1 fully saturated rings. The Labute approximate surface area is 109 Å². The van der Waals surface area contributed by atoms with Crippen LogP contribution in [-0.2, 0) is 11.3 Å². The Kier molecular flexibility index (Phi) is 3.80. The lowest BCUT2D eigenvalue weighted by molar-refractivity contribution is -0.134. The second kappa shape index (κ2) is 5.33. The molecule has 88 valence electrons. The van der Waals surface area contributed by atoms with E-state index in [2.05, 4.69) is 22.0 Å². The fourth-order valence-corrected chi connectivity index (χ4v) is 2.46. The summed E-state index contributed by atoms with van der Waals surface area (Å²) in [5, 5.41) is 8.79. The lowest BCUT2D eigenvalue weighted by atomic mass is 9.97. The molecule has 0 radical (unpaired) electrons. The van der Waals surface area contributed by atoms with Crippen molar-refractivity contribution in [3.05, 3.63) is 34.3 Å². The van der Waals surface area contributed by atoms with E-state index in [0.29, 0.717) is 19.5 Å². The van der Waals surface area contributed by atoms with Crippen LogP contribution >= 0.6 is 15.9 Å². The Morgan fingerprint density at radius 3 is 3.00 bits per heavy atom. The van der Waals surface area contributed by atoms with E-state index in [1.165, 1.54) is 0 Å². The van der Waals surface area contributed by atoms with Crippen LogP contribution in [0.1, 0.15) is 18.4 Å². The quantitative estimate of drug-likeness (QED) is 0.841. The van der Waals surface area contributed by atoms with Gasteiger partial charge in [-0.05, 0) is 24.1 Å². The van der Waals surface area contributed by atoms with Crippen molar-refractivity contribution in [1.29, 1.82) is 5.26 Å². The van der Waals surface area contributed by atoms with Crippen LogP contribution in [0.15, 0.2) is 28.7 Å². The molecular formula is C13H13BrN2O. The molecule has 1 unspecified atom stereocenters. The summed E-state index contributed by atoms with van der Waals surface area (Å²) in [7, 11) is 0. The number of carbonyl (C=O) groups excluding carboxylic acids is 1. The van der Waals surface area contributed by atoms with Crippen molar-refractivity contribution in [2.24, 2.45) is 5.92 Å². The van der Waals surface area contributed by atoms with Crippen molar-refractivity contribution >= 4 is 21.8 Å². The molecule has 1 aromatic carbocycles. The molecule has 1 saturated heterocycles. The van der Waals surface area contributed by atoms with Crippen LogP contribution in [0.25, 0.3) is 0 Å². The summed E-state index contributed by atoms with van der Waals surface area (Å²) in [5.74, 6) is -0.0102. The highest BCUT2D eigenvalue weighted by atomic mass is 79.9. The van der Waals surface area contributed by atoms with E-state index in [0.717, 1.165) is 16.5 Å². The van der Waals surface area contributed by atoms with Crippen molar-refractivity contribution in [1.82, 2.24) is 4.90 Å². The average Bonchev–Trinajstić information content (AvgIpc) is 2.32. The number of hydrogen-bond acceptors (Lipinski definition) is 2. The van der Waals surface area contributed by atoms with Gasteiger partial charge in [0, 0.05) is 24.0 Å². The Morgan fingerprint density at radius 1 is 1.53 bits per heavy atom. The number of nitrogens with zero attached hydrogens (tertiary/aromatic N) is 2. The minimum absolute atomic E-state index is 0.0859. The maximum absolute atomic E-state index is 11.8. The van der Waals surface area contributed by atoms with Crippen LogP contribution < -0.4 is 0 Å². The number of nitriles is 1. The van der Waals surface area contributed by atoms with E-state index in [1.54, 1.807) is 0 Å². The van der Waals surface area contributed by atoms with E-state index in [4.69, 9.17) is 5.26 Å². The van der Waals surface area contributed by atoms with E-state index >= 15 is 0 Å². The molecule has 0 aromatic heterocycles. The molecule has 1 aromatic rings. The predicted octanol–water partition coefficient (Wildman–Crippen LogP) is 2.71. The van der Waals surface area contributed by atoms with E-state index in [-0.39, 0.29) is 11.8 Å². The van der Waals surface area contributed by atoms with Gasteiger partial charge in [0.1, 0.15) is 0 Å². The molecular weight excluding hydrogens is 280 g/mol. The van der Waals surface area contributed by atoms with Crippen LogP contribution in [0.4, 0.5) is 0 Å². The molecule has 17 heavy (non-hydrogen) atoms. The number of hydrogen-bond donors (Lipinski definition) is 0. The number of carbonyl (C=O) groups is 1. The third-order valence-corrected chi connectivity index (χ3v) is 3.46. The number of rotatable bonds is 2. The smallest absolute Gasteiger partial charge is 0.224 e.